The summed E-state index contributed by atoms with van der Waals surface area (Å²) < 4.78 is 0. The first-order valence-electron chi connectivity index (χ1n) is 37.9. The van der Waals surface area contributed by atoms with Crippen LogP contribution in [0.1, 0.15) is 253 Å². The Morgan fingerprint density at radius 1 is 0.430 bits per heavy atom. The minimum absolute atomic E-state index is 0. The first-order chi connectivity index (χ1) is 49.9. The number of nitrogens with one attached hydrogen (secondary N) is 2. The fourth-order valence-electron chi connectivity index (χ4n) is 14.6. The second-order valence-electron chi connectivity index (χ2n) is 28.9. The van der Waals surface area contributed by atoms with Crippen molar-refractivity contribution in [1.82, 2.24) is 30.5 Å². The summed E-state index contributed by atoms with van der Waals surface area (Å²) in [6.07, 6.45) is 18.6. The lowest BCUT2D eigenvalue weighted by Crippen LogP contribution is -2.34. The number of rotatable bonds is 26. The van der Waals surface area contributed by atoms with Crippen LogP contribution in [-0.2, 0) is 14.4 Å². The average Bonchev–Trinajstić information content (AvgIpc) is 0.843. The Hall–Kier alpha value is -5.32. The normalized spacial score (nSPS) is 19.9. The van der Waals surface area contributed by atoms with Crippen molar-refractivity contribution >= 4 is 117 Å². The van der Waals surface area contributed by atoms with Crippen molar-refractivity contribution in [3.63, 3.8) is 0 Å². The molecule has 6 aromatic rings. The number of nitrogens with zero attached hydrogens (tertiary/aromatic N) is 4. The highest BCUT2D eigenvalue weighted by atomic mass is 35.5. The topological polar surface area (TPSA) is 194 Å². The molecule has 3 aromatic carbocycles. The highest BCUT2D eigenvalue weighted by molar-refractivity contribution is 6.67. The Balaban J connectivity index is 0.00000137. The molecule has 9 rings (SSSR count). The molecular weight excluding hydrogens is 1490 g/mol. The quantitative estimate of drug-likeness (QED) is 0.0345. The monoisotopic (exact) mass is 1610 g/mol. The average molecular weight is 1620 g/mol. The van der Waals surface area contributed by atoms with Crippen LogP contribution in [-0.4, -0.2) is 84.6 Å². The molecule has 3 fully saturated rings. The van der Waals surface area contributed by atoms with Gasteiger partial charge < -0.3 is 21.3 Å². The maximum Gasteiger partial charge on any atom is 0.270 e. The fourth-order valence-corrected chi connectivity index (χ4v) is 14.7. The fraction of sp³-hybridized carbons (Fsp3) is 0.552. The molecule has 0 spiro atoms. The van der Waals surface area contributed by atoms with E-state index in [-0.39, 0.29) is 90.6 Å². The Morgan fingerprint density at radius 3 is 0.944 bits per heavy atom. The summed E-state index contributed by atoms with van der Waals surface area (Å²) in [5.74, 6) is 6.39. The zero-order chi connectivity index (χ0) is 76.9. The van der Waals surface area contributed by atoms with Gasteiger partial charge in [0.15, 0.2) is 0 Å². The summed E-state index contributed by atoms with van der Waals surface area (Å²) in [6.45, 7) is 30.4. The molecule has 20 heteroatoms. The minimum atomic E-state index is -0.518. The van der Waals surface area contributed by atoms with Gasteiger partial charge in [0.1, 0.15) is 34.4 Å². The van der Waals surface area contributed by atoms with Gasteiger partial charge in [-0.1, -0.05) is 219 Å². The number of aromatic nitrogens is 3. The van der Waals surface area contributed by atoms with E-state index in [9.17, 15) is 28.8 Å². The van der Waals surface area contributed by atoms with Crippen LogP contribution >= 0.6 is 82.8 Å². The van der Waals surface area contributed by atoms with Crippen LogP contribution in [0.25, 0.3) is 0 Å². The number of halogens is 7. The molecule has 0 saturated heterocycles. The van der Waals surface area contributed by atoms with Gasteiger partial charge in [0.25, 0.3) is 17.1 Å². The lowest BCUT2D eigenvalue weighted by Gasteiger charge is -2.36. The van der Waals surface area contributed by atoms with Crippen LogP contribution < -0.4 is 16.4 Å². The van der Waals surface area contributed by atoms with E-state index in [1.54, 1.807) is 67.0 Å². The van der Waals surface area contributed by atoms with Crippen LogP contribution in [0.15, 0.2) is 164 Å². The van der Waals surface area contributed by atoms with Crippen LogP contribution in [0.3, 0.4) is 0 Å². The number of ketones is 3. The van der Waals surface area contributed by atoms with E-state index in [0.29, 0.717) is 120 Å². The SMILES string of the molecule is C.CC(C)[C@@H]1CC[C@@H](C)C[C@H]1C(=O)CC[C@@H](N)c1ccccc1.CC(C)[C@@H]1CC[C@@H](C)C[C@H]1C(=O)CC[C@@H](NC(=O)c1ccccn1)c1ccccc1.CC(C)[C@@H]1CC[C@@H](C)C[C@H]1C(=O)CC[C@@H](NC(=O)c1ccccn1)c1ccccc1.CCN(CC)CC.Cl.Cl.ClCCl.ClCCl.O=C(Cl)c1ccccn1. The Kier molecular flexibility index (Phi) is 55.7. The third-order valence-electron chi connectivity index (χ3n) is 20.6. The van der Waals surface area contributed by atoms with Crippen molar-refractivity contribution in [3.05, 3.63) is 198 Å². The summed E-state index contributed by atoms with van der Waals surface area (Å²) in [6, 6.07) is 45.1. The Morgan fingerprint density at radius 2 is 0.701 bits per heavy atom. The molecule has 3 aliphatic rings. The highest BCUT2D eigenvalue weighted by Crippen LogP contribution is 2.42. The largest absolute Gasteiger partial charge is 0.344 e. The lowest BCUT2D eigenvalue weighted by molar-refractivity contribution is -0.128. The maximum absolute atomic E-state index is 13.2. The van der Waals surface area contributed by atoms with E-state index in [0.717, 1.165) is 55.2 Å². The highest BCUT2D eigenvalue weighted by Gasteiger charge is 2.38. The zero-order valence-corrected chi connectivity index (χ0v) is 70.3. The molecule has 107 heavy (non-hydrogen) atoms. The number of benzene rings is 3. The summed E-state index contributed by atoms with van der Waals surface area (Å²) in [5, 5.41) is 6.06. The van der Waals surface area contributed by atoms with Crippen molar-refractivity contribution in [2.24, 2.45) is 76.7 Å². The van der Waals surface area contributed by atoms with Gasteiger partial charge in [0, 0.05) is 61.6 Å². The van der Waals surface area contributed by atoms with Gasteiger partial charge in [0.05, 0.1) is 22.8 Å². The molecule has 3 aromatic heterocycles. The lowest BCUT2D eigenvalue weighted by atomic mass is 9.68. The van der Waals surface area contributed by atoms with Gasteiger partial charge in [0.2, 0.25) is 0 Å². The molecule has 3 saturated carbocycles. The summed E-state index contributed by atoms with van der Waals surface area (Å²) in [7, 11) is 0. The second-order valence-corrected chi connectivity index (χ2v) is 30.9. The number of nitrogens with two attached hydrogens (primary N) is 1. The molecule has 2 amide bonds. The summed E-state index contributed by atoms with van der Waals surface area (Å²) in [5.41, 5.74) is 10.5. The molecule has 0 radical (unpaired) electrons. The van der Waals surface area contributed by atoms with Crippen molar-refractivity contribution in [3.8, 4) is 0 Å². The van der Waals surface area contributed by atoms with Crippen LogP contribution in [0, 0.1) is 71.0 Å². The number of carbonyl (C=O) groups excluding carboxylic acids is 6. The minimum Gasteiger partial charge on any atom is -0.344 e. The third-order valence-corrected chi connectivity index (χ3v) is 20.8. The third kappa shape index (κ3) is 38.9. The predicted molar refractivity (Wildman–Crippen MR) is 455 cm³/mol. The van der Waals surface area contributed by atoms with E-state index < -0.39 is 5.24 Å². The molecule has 4 N–H and O–H groups in total. The Labute approximate surface area is 681 Å². The summed E-state index contributed by atoms with van der Waals surface area (Å²) >= 11 is 24.2. The Bertz CT molecular complexity index is 3150. The molecule has 13 nitrogen and oxygen atoms in total. The van der Waals surface area contributed by atoms with Crippen molar-refractivity contribution in [2.75, 3.05) is 30.3 Å². The number of carbonyl (C=O) groups is 6. The molecule has 596 valence electrons. The van der Waals surface area contributed by atoms with Gasteiger partial charge >= 0.3 is 0 Å². The number of hydrogen-bond donors (Lipinski definition) is 3. The van der Waals surface area contributed by atoms with Crippen molar-refractivity contribution in [2.45, 2.75) is 205 Å². The molecule has 0 bridgehead atoms. The van der Waals surface area contributed by atoms with Gasteiger partial charge in [-0.3, -0.25) is 43.7 Å². The molecule has 12 atom stereocenters. The molecule has 3 heterocycles. The second kappa shape index (κ2) is 58.6. The maximum atomic E-state index is 13.2. The standard InChI is InChI=1S/2C26H34N2O2.C20H31NO.C6H4ClNO.C6H15N.2CH2Cl2.CH4.2ClH/c2*1-18(2)21-13-12-19(3)17-22(21)25(29)15-14-23(20-9-5-4-6-10-20)28-26(30)24-11-7-8-16-27-24;1-14(2)17-10-9-15(3)13-18(17)20(22)12-11-19(21)16-7-5-4-6-8-16;7-6(9)5-3-1-2-4-8-5;1-4-7(5-2)6-3;2*2-1-3;;;/h2*4-11,16,18-19,21-23H,12-15,17H2,1-3H3,(H,28,30);4-8,14-15,17-19H,9-13,21H2,1-3H3;1-4H;4-6H2,1-3H3;2*1H2;1H4;2*1H/t2*19-,21+,22-,23-;15-,17+,18-,19-;;;;;;;/m111......./s1. The van der Waals surface area contributed by atoms with E-state index in [1.807, 2.05) is 78.9 Å². The van der Waals surface area contributed by atoms with Gasteiger partial charge in [-0.2, -0.15) is 0 Å². The van der Waals surface area contributed by atoms with E-state index >= 15 is 0 Å². The van der Waals surface area contributed by atoms with Crippen molar-refractivity contribution < 1.29 is 28.8 Å². The van der Waals surface area contributed by atoms with Gasteiger partial charge in [-0.25, -0.2) is 0 Å². The zero-order valence-electron chi connectivity index (χ0n) is 64.9. The predicted octanol–water partition coefficient (Wildman–Crippen LogP) is 23.1. The van der Waals surface area contributed by atoms with Crippen molar-refractivity contribution in [1.29, 1.82) is 0 Å². The van der Waals surface area contributed by atoms with E-state index in [2.05, 4.69) is 126 Å². The van der Waals surface area contributed by atoms with E-state index in [1.165, 1.54) is 51.5 Å². The molecular formula is C87H128Cl7N7O6. The molecule has 0 aliphatic heterocycles. The van der Waals surface area contributed by atoms with Crippen LogP contribution in [0.4, 0.5) is 0 Å². The van der Waals surface area contributed by atoms with Gasteiger partial charge in [-0.05, 0) is 195 Å². The van der Waals surface area contributed by atoms with Crippen LogP contribution in [0.5, 0.6) is 0 Å². The number of hydrogen-bond acceptors (Lipinski definition) is 11. The van der Waals surface area contributed by atoms with Gasteiger partial charge in [-0.15, -0.1) is 71.2 Å². The van der Waals surface area contributed by atoms with Crippen LogP contribution in [0.2, 0.25) is 0 Å². The number of Topliss-reactive ketones (excluding diaryl/α,β-unsaturated/α-hetero) is 3. The van der Waals surface area contributed by atoms with E-state index in [4.69, 9.17) is 63.7 Å². The smallest absolute Gasteiger partial charge is 0.270 e. The molecule has 0 unspecified atom stereocenters. The first kappa shape index (κ1) is 102. The first-order valence-corrected chi connectivity index (χ1v) is 40.4. The number of amides is 2. The number of alkyl halides is 4. The number of pyridine rings is 3. The summed E-state index contributed by atoms with van der Waals surface area (Å²) in [4.78, 5) is 89.3. The molecule has 3 aliphatic carbocycles.